The highest BCUT2D eigenvalue weighted by atomic mass is 19.4. The van der Waals surface area contributed by atoms with E-state index in [0.717, 1.165) is 0 Å². The van der Waals surface area contributed by atoms with Crippen LogP contribution < -0.4 is 5.32 Å². The molecule has 0 aliphatic carbocycles. The van der Waals surface area contributed by atoms with Crippen LogP contribution >= 0.6 is 0 Å². The van der Waals surface area contributed by atoms with Gasteiger partial charge >= 0.3 is 12.1 Å². The Morgan fingerprint density at radius 3 is 2.60 bits per heavy atom. The molecule has 1 heterocycles. The molecule has 0 bridgehead atoms. The van der Waals surface area contributed by atoms with Crippen LogP contribution in [0.5, 0.6) is 0 Å². The lowest BCUT2D eigenvalue weighted by atomic mass is 9.95. The van der Waals surface area contributed by atoms with E-state index >= 15 is 0 Å². The molecule has 0 amide bonds. The maximum atomic E-state index is 12.3. The largest absolute Gasteiger partial charge is 0.481 e. The number of nitrogens with one attached hydrogen (secondary N) is 1. The van der Waals surface area contributed by atoms with E-state index in [-0.39, 0.29) is 25.3 Å². The van der Waals surface area contributed by atoms with Crippen LogP contribution in [0.1, 0.15) is 32.1 Å². The predicted molar refractivity (Wildman–Crippen MR) is 47.5 cm³/mol. The molecule has 0 radical (unpaired) electrons. The first kappa shape index (κ1) is 12.3. The molecular weight excluding hydrogens is 211 g/mol. The lowest BCUT2D eigenvalue weighted by molar-refractivity contribution is -0.163. The molecule has 0 spiro atoms. The number of carbonyl (C=O) groups is 1. The van der Waals surface area contributed by atoms with Crippen molar-refractivity contribution in [2.24, 2.45) is 0 Å². The second-order valence-corrected chi connectivity index (χ2v) is 3.82. The minimum Gasteiger partial charge on any atom is -0.481 e. The molecule has 2 unspecified atom stereocenters. The number of aliphatic carboxylic acids is 1. The molecule has 0 aromatic heterocycles. The molecule has 1 aliphatic rings. The lowest BCUT2D eigenvalue weighted by Crippen LogP contribution is -2.50. The first-order valence-electron chi connectivity index (χ1n) is 4.94. The number of piperidine rings is 1. The van der Waals surface area contributed by atoms with Crippen LogP contribution in [0.15, 0.2) is 0 Å². The summed E-state index contributed by atoms with van der Waals surface area (Å²) in [7, 11) is 0. The van der Waals surface area contributed by atoms with Crippen molar-refractivity contribution in [2.75, 3.05) is 0 Å². The summed E-state index contributed by atoms with van der Waals surface area (Å²) >= 11 is 0. The van der Waals surface area contributed by atoms with Gasteiger partial charge in [0.25, 0.3) is 0 Å². The third-order valence-corrected chi connectivity index (χ3v) is 2.58. The molecule has 1 rings (SSSR count). The number of carboxylic acids is 1. The SMILES string of the molecule is O=C(O)CCC1CCCC(C(F)(F)F)N1. The van der Waals surface area contributed by atoms with Crippen LogP contribution in [0.25, 0.3) is 0 Å². The molecule has 2 atom stereocenters. The van der Waals surface area contributed by atoms with Gasteiger partial charge in [-0.2, -0.15) is 13.2 Å². The van der Waals surface area contributed by atoms with Gasteiger partial charge in [0, 0.05) is 12.5 Å². The van der Waals surface area contributed by atoms with Gasteiger partial charge < -0.3 is 10.4 Å². The molecule has 1 saturated heterocycles. The Bertz CT molecular complexity index is 230. The molecule has 6 heteroatoms. The van der Waals surface area contributed by atoms with Crippen molar-refractivity contribution in [3.63, 3.8) is 0 Å². The van der Waals surface area contributed by atoms with Crippen LogP contribution in [0.4, 0.5) is 13.2 Å². The first-order chi connectivity index (χ1) is 6.89. The number of hydrogen-bond acceptors (Lipinski definition) is 2. The summed E-state index contributed by atoms with van der Waals surface area (Å²) < 4.78 is 37.0. The van der Waals surface area contributed by atoms with Gasteiger partial charge in [-0.25, -0.2) is 0 Å². The van der Waals surface area contributed by atoms with Gasteiger partial charge in [0.15, 0.2) is 0 Å². The van der Waals surface area contributed by atoms with E-state index in [1.165, 1.54) is 0 Å². The van der Waals surface area contributed by atoms with Gasteiger partial charge in [-0.3, -0.25) is 4.79 Å². The van der Waals surface area contributed by atoms with E-state index in [2.05, 4.69) is 5.32 Å². The summed E-state index contributed by atoms with van der Waals surface area (Å²) in [6.45, 7) is 0. The van der Waals surface area contributed by atoms with E-state index in [1.807, 2.05) is 0 Å². The van der Waals surface area contributed by atoms with E-state index in [9.17, 15) is 18.0 Å². The van der Waals surface area contributed by atoms with Gasteiger partial charge in [-0.1, -0.05) is 6.42 Å². The van der Waals surface area contributed by atoms with Crippen molar-refractivity contribution in [3.8, 4) is 0 Å². The highest BCUT2D eigenvalue weighted by Gasteiger charge is 2.41. The molecule has 0 aromatic carbocycles. The number of carboxylic acid groups (broad SMARTS) is 1. The number of alkyl halides is 3. The second-order valence-electron chi connectivity index (χ2n) is 3.82. The standard InChI is InChI=1S/C9H14F3NO2/c10-9(11,12)7-3-1-2-6(13-7)4-5-8(14)15/h6-7,13H,1-5H2,(H,14,15). The minimum atomic E-state index is -4.22. The summed E-state index contributed by atoms with van der Waals surface area (Å²) in [6, 6.07) is -1.79. The van der Waals surface area contributed by atoms with Crippen molar-refractivity contribution in [3.05, 3.63) is 0 Å². The Hall–Kier alpha value is -0.780. The van der Waals surface area contributed by atoms with Crippen molar-refractivity contribution in [1.82, 2.24) is 5.32 Å². The highest BCUT2D eigenvalue weighted by molar-refractivity contribution is 5.66. The Balaban J connectivity index is 2.39. The Kier molecular flexibility index (Phi) is 3.96. The van der Waals surface area contributed by atoms with Crippen molar-refractivity contribution in [1.29, 1.82) is 0 Å². The lowest BCUT2D eigenvalue weighted by Gasteiger charge is -2.32. The number of hydrogen-bond donors (Lipinski definition) is 2. The van der Waals surface area contributed by atoms with E-state index in [0.29, 0.717) is 12.8 Å². The zero-order chi connectivity index (χ0) is 11.5. The van der Waals surface area contributed by atoms with Gasteiger partial charge in [0.1, 0.15) is 6.04 Å². The fourth-order valence-corrected chi connectivity index (χ4v) is 1.80. The molecule has 15 heavy (non-hydrogen) atoms. The maximum absolute atomic E-state index is 12.3. The molecule has 0 saturated carbocycles. The zero-order valence-corrected chi connectivity index (χ0v) is 8.18. The van der Waals surface area contributed by atoms with Crippen LogP contribution in [0, 0.1) is 0 Å². The van der Waals surface area contributed by atoms with E-state index in [4.69, 9.17) is 5.11 Å². The van der Waals surface area contributed by atoms with Gasteiger partial charge in [-0.15, -0.1) is 0 Å². The van der Waals surface area contributed by atoms with Gasteiger partial charge in [-0.05, 0) is 19.3 Å². The predicted octanol–water partition coefficient (Wildman–Crippen LogP) is 1.92. The topological polar surface area (TPSA) is 49.3 Å². The first-order valence-corrected chi connectivity index (χ1v) is 4.94. The average Bonchev–Trinajstić information content (AvgIpc) is 2.14. The van der Waals surface area contributed by atoms with Crippen LogP contribution in [-0.2, 0) is 4.79 Å². The fraction of sp³-hybridized carbons (Fsp3) is 0.889. The molecular formula is C9H14F3NO2. The Morgan fingerprint density at radius 1 is 1.40 bits per heavy atom. The summed E-state index contributed by atoms with van der Waals surface area (Å²) in [5.74, 6) is -0.967. The molecule has 2 N–H and O–H groups in total. The quantitative estimate of drug-likeness (QED) is 0.771. The number of rotatable bonds is 3. The van der Waals surface area contributed by atoms with Crippen LogP contribution in [-0.4, -0.2) is 29.3 Å². The summed E-state index contributed by atoms with van der Waals surface area (Å²) in [4.78, 5) is 10.3. The highest BCUT2D eigenvalue weighted by Crippen LogP contribution is 2.28. The zero-order valence-electron chi connectivity index (χ0n) is 8.18. The second kappa shape index (κ2) is 4.83. The third-order valence-electron chi connectivity index (χ3n) is 2.58. The van der Waals surface area contributed by atoms with Crippen LogP contribution in [0.2, 0.25) is 0 Å². The normalized spacial score (nSPS) is 27.7. The van der Waals surface area contributed by atoms with Gasteiger partial charge in [0.2, 0.25) is 0 Å². The van der Waals surface area contributed by atoms with Crippen molar-refractivity contribution in [2.45, 2.75) is 50.4 Å². The van der Waals surface area contributed by atoms with Crippen molar-refractivity contribution >= 4 is 5.97 Å². The maximum Gasteiger partial charge on any atom is 0.403 e. The summed E-state index contributed by atoms with van der Waals surface area (Å²) in [6.07, 6.45) is -2.82. The molecule has 1 fully saturated rings. The molecule has 3 nitrogen and oxygen atoms in total. The smallest absolute Gasteiger partial charge is 0.403 e. The van der Waals surface area contributed by atoms with E-state index in [1.54, 1.807) is 0 Å². The Morgan fingerprint density at radius 2 is 2.07 bits per heavy atom. The fourth-order valence-electron chi connectivity index (χ4n) is 1.80. The minimum absolute atomic E-state index is 0.0811. The van der Waals surface area contributed by atoms with E-state index < -0.39 is 18.2 Å². The van der Waals surface area contributed by atoms with Crippen molar-refractivity contribution < 1.29 is 23.1 Å². The molecule has 0 aromatic rings. The summed E-state index contributed by atoms with van der Waals surface area (Å²) in [5.41, 5.74) is 0. The average molecular weight is 225 g/mol. The summed E-state index contributed by atoms with van der Waals surface area (Å²) in [5, 5.41) is 10.9. The van der Waals surface area contributed by atoms with Crippen LogP contribution in [0.3, 0.4) is 0 Å². The Labute approximate surface area is 85.7 Å². The number of halogens is 3. The third kappa shape index (κ3) is 4.07. The molecule has 1 aliphatic heterocycles. The molecule has 88 valence electrons. The monoisotopic (exact) mass is 225 g/mol. The van der Waals surface area contributed by atoms with Gasteiger partial charge in [0.05, 0.1) is 0 Å².